The van der Waals surface area contributed by atoms with Gasteiger partial charge in [-0.1, -0.05) is 13.8 Å². The van der Waals surface area contributed by atoms with Crippen LogP contribution in [-0.2, 0) is 11.0 Å². The van der Waals surface area contributed by atoms with Crippen LogP contribution in [0.25, 0.3) is 0 Å². The Balaban J connectivity index is 1.70. The molecule has 4 rings (SSSR count). The van der Waals surface area contributed by atoms with Crippen molar-refractivity contribution in [2.75, 3.05) is 6.54 Å². The number of alkyl halides is 3. The van der Waals surface area contributed by atoms with Gasteiger partial charge in [0.25, 0.3) is 5.91 Å². The van der Waals surface area contributed by atoms with E-state index in [9.17, 15) is 32.7 Å². The lowest BCUT2D eigenvalue weighted by Gasteiger charge is -2.50. The van der Waals surface area contributed by atoms with E-state index in [1.807, 2.05) is 13.8 Å². The van der Waals surface area contributed by atoms with Crippen molar-refractivity contribution in [1.82, 2.24) is 19.7 Å². The predicted octanol–water partition coefficient (Wildman–Crippen LogP) is 5.63. The quantitative estimate of drug-likeness (QED) is 0.450. The van der Waals surface area contributed by atoms with Crippen LogP contribution in [0.1, 0.15) is 103 Å². The van der Waals surface area contributed by atoms with Crippen molar-refractivity contribution < 1.29 is 32.7 Å². The average molecular weight is 549 g/mol. The first-order valence-corrected chi connectivity index (χ1v) is 13.2. The van der Waals surface area contributed by atoms with Crippen LogP contribution in [0.15, 0.2) is 18.6 Å². The number of rotatable bonds is 7. The van der Waals surface area contributed by atoms with Gasteiger partial charge in [0.1, 0.15) is 0 Å². The maximum absolute atomic E-state index is 14.5. The summed E-state index contributed by atoms with van der Waals surface area (Å²) in [6, 6.07) is -1.10. The largest absolute Gasteiger partial charge is 0.481 e. The Bertz CT molecular complexity index is 1270. The van der Waals surface area contributed by atoms with Crippen LogP contribution in [0.2, 0.25) is 0 Å². The normalized spacial score (nSPS) is 24.6. The predicted molar refractivity (Wildman–Crippen MR) is 136 cm³/mol. The van der Waals surface area contributed by atoms with E-state index in [1.54, 1.807) is 33.2 Å². The third-order valence-electron chi connectivity index (χ3n) is 8.73. The summed E-state index contributed by atoms with van der Waals surface area (Å²) >= 11 is 0. The minimum Gasteiger partial charge on any atom is -0.481 e. The average Bonchev–Trinajstić information content (AvgIpc) is 3.29. The Labute approximate surface area is 225 Å². The molecule has 2 aliphatic carbocycles. The van der Waals surface area contributed by atoms with Crippen LogP contribution in [0.3, 0.4) is 0 Å². The van der Waals surface area contributed by atoms with Gasteiger partial charge in [-0.05, 0) is 75.8 Å². The molecule has 2 aromatic rings. The van der Waals surface area contributed by atoms with E-state index in [1.165, 1.54) is 4.90 Å². The summed E-state index contributed by atoms with van der Waals surface area (Å²) in [6.07, 6.45) is 1.31. The van der Waals surface area contributed by atoms with Crippen molar-refractivity contribution in [3.63, 3.8) is 0 Å². The fourth-order valence-corrected chi connectivity index (χ4v) is 6.06. The molecule has 0 aliphatic heterocycles. The molecule has 212 valence electrons. The number of hydrogen-bond donors (Lipinski definition) is 1. The smallest absolute Gasteiger partial charge is 0.433 e. The molecule has 11 heteroatoms. The van der Waals surface area contributed by atoms with Crippen molar-refractivity contribution in [3.05, 3.63) is 46.5 Å². The first-order valence-electron chi connectivity index (χ1n) is 13.2. The zero-order chi connectivity index (χ0) is 28.9. The Kier molecular flexibility index (Phi) is 7.42. The van der Waals surface area contributed by atoms with Gasteiger partial charge in [-0.15, -0.1) is 0 Å². The minimum absolute atomic E-state index is 0.194. The molecule has 0 aromatic carbocycles. The van der Waals surface area contributed by atoms with Gasteiger partial charge in [0.05, 0.1) is 29.8 Å². The van der Waals surface area contributed by atoms with Crippen LogP contribution in [0.4, 0.5) is 13.2 Å². The van der Waals surface area contributed by atoms with Crippen LogP contribution in [0, 0.1) is 24.7 Å². The summed E-state index contributed by atoms with van der Waals surface area (Å²) in [5, 5.41) is 13.5. The Morgan fingerprint density at radius 3 is 2.08 bits per heavy atom. The highest BCUT2D eigenvalue weighted by molar-refractivity contribution is 6.04. The molecular weight excluding hydrogens is 513 g/mol. The Hall–Kier alpha value is -3.24. The third-order valence-corrected chi connectivity index (χ3v) is 8.73. The Morgan fingerprint density at radius 2 is 1.62 bits per heavy atom. The number of amides is 1. The summed E-state index contributed by atoms with van der Waals surface area (Å²) in [5.74, 6) is -2.21. The number of Topliss-reactive ketones (excluding diaryl/α,β-unsaturated/α-hetero) is 1. The van der Waals surface area contributed by atoms with Gasteiger partial charge in [-0.2, -0.15) is 18.3 Å². The molecule has 0 radical (unpaired) electrons. The highest BCUT2D eigenvalue weighted by Crippen LogP contribution is 2.46. The van der Waals surface area contributed by atoms with Crippen molar-refractivity contribution >= 4 is 17.7 Å². The summed E-state index contributed by atoms with van der Waals surface area (Å²) in [7, 11) is 0. The fourth-order valence-electron chi connectivity index (χ4n) is 6.06. The molecule has 2 aromatic heterocycles. The first kappa shape index (κ1) is 28.8. The van der Waals surface area contributed by atoms with Crippen LogP contribution in [-0.4, -0.2) is 55.0 Å². The van der Waals surface area contributed by atoms with E-state index in [0.29, 0.717) is 23.1 Å². The molecule has 2 heterocycles. The fraction of sp³-hybridized carbons (Fsp3) is 0.607. The van der Waals surface area contributed by atoms with E-state index in [4.69, 9.17) is 0 Å². The van der Waals surface area contributed by atoms with E-state index in [2.05, 4.69) is 10.1 Å². The molecule has 2 saturated carbocycles. The summed E-state index contributed by atoms with van der Waals surface area (Å²) in [6.45, 7) is 8.57. The lowest BCUT2D eigenvalue weighted by molar-refractivity contribution is -0.152. The number of carbonyl (C=O) groups excluding carboxylic acids is 2. The molecule has 1 atom stereocenters. The van der Waals surface area contributed by atoms with Gasteiger partial charge in [0, 0.05) is 24.0 Å². The van der Waals surface area contributed by atoms with Crippen molar-refractivity contribution in [1.29, 1.82) is 0 Å². The standard InChI is InChI=1S/C28H35F3N4O4/c1-16-12-32-13-17(2)22(16)20(36)15-34(21-8-9-26(21,3)4)24(37)19-14-33-35(23(19)28(29,30)31)18-6-10-27(5,11-7-18)25(38)39/h12-14,18,21H,6-11,15H2,1-5H3,(H,38,39)/t18-,21-,27-/m0/s1. The Morgan fingerprint density at radius 1 is 1.03 bits per heavy atom. The zero-order valence-electron chi connectivity index (χ0n) is 22.9. The van der Waals surface area contributed by atoms with Crippen molar-refractivity contribution in [2.45, 2.75) is 91.4 Å². The molecule has 0 unspecified atom stereocenters. The first-order chi connectivity index (χ1) is 18.1. The molecular formula is C28H35F3N4O4. The molecule has 0 spiro atoms. The molecule has 0 saturated heterocycles. The molecule has 8 nitrogen and oxygen atoms in total. The van der Waals surface area contributed by atoms with Gasteiger partial charge < -0.3 is 10.0 Å². The van der Waals surface area contributed by atoms with Crippen LogP contribution in [0.5, 0.6) is 0 Å². The van der Waals surface area contributed by atoms with E-state index < -0.39 is 46.8 Å². The molecule has 0 bridgehead atoms. The second-order valence-corrected chi connectivity index (χ2v) is 12.0. The van der Waals surface area contributed by atoms with Gasteiger partial charge in [-0.25, -0.2) is 0 Å². The van der Waals surface area contributed by atoms with Gasteiger partial charge in [0.2, 0.25) is 0 Å². The maximum Gasteiger partial charge on any atom is 0.433 e. The molecule has 2 aliphatic rings. The number of aryl methyl sites for hydroxylation is 2. The maximum atomic E-state index is 14.5. The molecule has 1 amide bonds. The van der Waals surface area contributed by atoms with Gasteiger partial charge >= 0.3 is 12.1 Å². The number of hydrogen-bond acceptors (Lipinski definition) is 5. The monoisotopic (exact) mass is 548 g/mol. The number of aliphatic carboxylic acids is 1. The number of nitrogens with zero attached hydrogens (tertiary/aromatic N) is 4. The number of pyridine rings is 1. The summed E-state index contributed by atoms with van der Waals surface area (Å²) < 4.78 is 44.3. The topological polar surface area (TPSA) is 105 Å². The highest BCUT2D eigenvalue weighted by atomic mass is 19.4. The van der Waals surface area contributed by atoms with Gasteiger partial charge in [-0.3, -0.25) is 24.0 Å². The molecule has 2 fully saturated rings. The second-order valence-electron chi connectivity index (χ2n) is 12.0. The lowest BCUT2D eigenvalue weighted by atomic mass is 9.66. The number of halogens is 3. The number of aromatic nitrogens is 3. The zero-order valence-corrected chi connectivity index (χ0v) is 22.9. The molecule has 39 heavy (non-hydrogen) atoms. The van der Waals surface area contributed by atoms with Crippen molar-refractivity contribution in [2.24, 2.45) is 10.8 Å². The summed E-state index contributed by atoms with van der Waals surface area (Å²) in [4.78, 5) is 44.3. The number of ketones is 1. The SMILES string of the molecule is Cc1cncc(C)c1C(=O)CN(C(=O)c1cnn([C@H]2CC[C@](C)(C(=O)O)CC2)c1C(F)(F)F)[C@H]1CCC1(C)C. The van der Waals surface area contributed by atoms with Crippen molar-refractivity contribution in [3.8, 4) is 0 Å². The van der Waals surface area contributed by atoms with E-state index >= 15 is 0 Å². The molecule has 1 N–H and O–H groups in total. The van der Waals surface area contributed by atoms with E-state index in [-0.39, 0.29) is 43.4 Å². The van der Waals surface area contributed by atoms with Gasteiger partial charge in [0.15, 0.2) is 11.5 Å². The highest BCUT2D eigenvalue weighted by Gasteiger charge is 2.49. The number of carbonyl (C=O) groups is 3. The van der Waals surface area contributed by atoms with E-state index in [0.717, 1.165) is 17.3 Å². The summed E-state index contributed by atoms with van der Waals surface area (Å²) in [5.41, 5.74) is -1.43. The third kappa shape index (κ3) is 5.32. The second kappa shape index (κ2) is 10.1. The minimum atomic E-state index is -4.88. The number of carboxylic acid groups (broad SMARTS) is 1. The van der Waals surface area contributed by atoms with Crippen LogP contribution < -0.4 is 0 Å². The number of carboxylic acids is 1. The van der Waals surface area contributed by atoms with Crippen LogP contribution >= 0.6 is 0 Å². The lowest BCUT2D eigenvalue weighted by Crippen LogP contribution is -2.56.